The minimum atomic E-state index is 0.322. The molecule has 5 heteroatoms. The summed E-state index contributed by atoms with van der Waals surface area (Å²) in [5, 5.41) is 12.4. The van der Waals surface area contributed by atoms with E-state index in [4.69, 9.17) is 8.94 Å². The molecule has 5 nitrogen and oxygen atoms in total. The number of fused-ring (bicyclic) bond motifs is 1. The van der Waals surface area contributed by atoms with Crippen LogP contribution in [0.2, 0.25) is 0 Å². The second kappa shape index (κ2) is 7.62. The highest BCUT2D eigenvalue weighted by Gasteiger charge is 2.25. The number of rotatable bonds is 5. The van der Waals surface area contributed by atoms with Gasteiger partial charge in [0.25, 0.3) is 0 Å². The highest BCUT2D eigenvalue weighted by Crippen LogP contribution is 2.29. The lowest BCUT2D eigenvalue weighted by Gasteiger charge is -2.34. The molecule has 1 saturated heterocycles. The predicted octanol–water partition coefficient (Wildman–Crippen LogP) is 4.67. The molecule has 2 aromatic heterocycles. The molecule has 2 aromatic carbocycles. The fraction of sp³-hybridized carbons (Fsp3) is 0.261. The molecule has 5 rings (SSSR count). The third-order valence-electron chi connectivity index (χ3n) is 5.57. The molecule has 4 aromatic rings. The van der Waals surface area contributed by atoms with E-state index in [1.807, 2.05) is 6.07 Å². The Labute approximate surface area is 163 Å². The van der Waals surface area contributed by atoms with Gasteiger partial charge >= 0.3 is 0 Å². The molecule has 3 heterocycles. The molecule has 0 radical (unpaired) electrons. The van der Waals surface area contributed by atoms with Crippen molar-refractivity contribution in [3.8, 4) is 11.1 Å². The van der Waals surface area contributed by atoms with Crippen LogP contribution in [0.15, 0.2) is 76.2 Å². The SMILES string of the molecule is c1ccc([C@@H]2NCCC[C@@H]2NCc2cc(-c3cnoc3)cc3ccoc23)cc1. The molecule has 1 aliphatic heterocycles. The summed E-state index contributed by atoms with van der Waals surface area (Å²) < 4.78 is 10.8. The molecular weight excluding hydrogens is 350 g/mol. The van der Waals surface area contributed by atoms with Gasteiger partial charge in [-0.2, -0.15) is 0 Å². The van der Waals surface area contributed by atoms with E-state index in [0.717, 1.165) is 47.2 Å². The van der Waals surface area contributed by atoms with Crippen molar-refractivity contribution in [3.63, 3.8) is 0 Å². The molecule has 0 spiro atoms. The first-order valence-corrected chi connectivity index (χ1v) is 9.80. The molecule has 1 aliphatic rings. The summed E-state index contributed by atoms with van der Waals surface area (Å²) in [6.45, 7) is 1.81. The minimum absolute atomic E-state index is 0.322. The zero-order chi connectivity index (χ0) is 18.8. The molecular formula is C23H23N3O2. The smallest absolute Gasteiger partial charge is 0.138 e. The van der Waals surface area contributed by atoms with Gasteiger partial charge in [0.15, 0.2) is 0 Å². The fourth-order valence-electron chi connectivity index (χ4n) is 4.16. The molecule has 1 fully saturated rings. The number of piperidine rings is 1. The van der Waals surface area contributed by atoms with E-state index in [0.29, 0.717) is 12.1 Å². The van der Waals surface area contributed by atoms with Gasteiger partial charge < -0.3 is 19.6 Å². The Balaban J connectivity index is 1.41. The van der Waals surface area contributed by atoms with Gasteiger partial charge in [-0.3, -0.25) is 0 Å². The van der Waals surface area contributed by atoms with Gasteiger partial charge in [0, 0.05) is 35.1 Å². The predicted molar refractivity (Wildman–Crippen MR) is 109 cm³/mol. The number of nitrogens with one attached hydrogen (secondary N) is 2. The third-order valence-corrected chi connectivity index (χ3v) is 5.57. The van der Waals surface area contributed by atoms with Crippen LogP contribution in [0, 0.1) is 0 Å². The summed E-state index contributed by atoms with van der Waals surface area (Å²) in [7, 11) is 0. The molecule has 28 heavy (non-hydrogen) atoms. The maximum absolute atomic E-state index is 5.78. The molecule has 0 unspecified atom stereocenters. The second-order valence-corrected chi connectivity index (χ2v) is 7.36. The monoisotopic (exact) mass is 373 g/mol. The number of hydrogen-bond acceptors (Lipinski definition) is 5. The van der Waals surface area contributed by atoms with Crippen LogP contribution in [-0.4, -0.2) is 17.7 Å². The summed E-state index contributed by atoms with van der Waals surface area (Å²) in [6.07, 6.45) is 7.50. The minimum Gasteiger partial charge on any atom is -0.464 e. The van der Waals surface area contributed by atoms with Crippen LogP contribution >= 0.6 is 0 Å². The largest absolute Gasteiger partial charge is 0.464 e. The summed E-state index contributed by atoms with van der Waals surface area (Å²) in [5.74, 6) is 0. The molecule has 2 N–H and O–H groups in total. The Morgan fingerprint density at radius 1 is 1.11 bits per heavy atom. The van der Waals surface area contributed by atoms with Crippen LogP contribution in [0.3, 0.4) is 0 Å². The molecule has 0 saturated carbocycles. The third kappa shape index (κ3) is 3.35. The zero-order valence-electron chi connectivity index (χ0n) is 15.6. The van der Waals surface area contributed by atoms with Gasteiger partial charge in [0.05, 0.1) is 12.5 Å². The highest BCUT2D eigenvalue weighted by molar-refractivity contribution is 5.86. The molecule has 0 amide bonds. The Hall–Kier alpha value is -2.89. The quantitative estimate of drug-likeness (QED) is 0.532. The van der Waals surface area contributed by atoms with E-state index in [2.05, 4.69) is 58.3 Å². The lowest BCUT2D eigenvalue weighted by atomic mass is 9.92. The molecule has 0 aliphatic carbocycles. The van der Waals surface area contributed by atoms with Gasteiger partial charge in [0.1, 0.15) is 11.8 Å². The van der Waals surface area contributed by atoms with E-state index in [1.54, 1.807) is 18.7 Å². The van der Waals surface area contributed by atoms with Gasteiger partial charge in [-0.05, 0) is 48.7 Å². The Bertz CT molecular complexity index is 1040. The van der Waals surface area contributed by atoms with Crippen molar-refractivity contribution in [2.45, 2.75) is 31.5 Å². The second-order valence-electron chi connectivity index (χ2n) is 7.36. The van der Waals surface area contributed by atoms with Crippen molar-refractivity contribution in [3.05, 3.63) is 78.4 Å². The van der Waals surface area contributed by atoms with E-state index in [9.17, 15) is 0 Å². The van der Waals surface area contributed by atoms with Crippen molar-refractivity contribution in [1.82, 2.24) is 15.8 Å². The maximum Gasteiger partial charge on any atom is 0.138 e. The van der Waals surface area contributed by atoms with Crippen LogP contribution in [0.1, 0.15) is 30.0 Å². The van der Waals surface area contributed by atoms with E-state index < -0.39 is 0 Å². The Morgan fingerprint density at radius 3 is 2.89 bits per heavy atom. The zero-order valence-corrected chi connectivity index (χ0v) is 15.6. The first kappa shape index (κ1) is 17.2. The lowest BCUT2D eigenvalue weighted by molar-refractivity contribution is 0.304. The number of nitrogens with zero attached hydrogens (tertiary/aromatic N) is 1. The number of aromatic nitrogens is 1. The fourth-order valence-corrected chi connectivity index (χ4v) is 4.16. The first-order chi connectivity index (χ1) is 13.9. The van der Waals surface area contributed by atoms with Gasteiger partial charge in [-0.1, -0.05) is 35.5 Å². The van der Waals surface area contributed by atoms with E-state index >= 15 is 0 Å². The highest BCUT2D eigenvalue weighted by atomic mass is 16.5. The molecule has 142 valence electrons. The summed E-state index contributed by atoms with van der Waals surface area (Å²) in [4.78, 5) is 0. The van der Waals surface area contributed by atoms with Gasteiger partial charge in [-0.25, -0.2) is 0 Å². The average Bonchev–Trinajstić information content (AvgIpc) is 3.44. The number of benzene rings is 2. The van der Waals surface area contributed by atoms with Crippen molar-refractivity contribution in [1.29, 1.82) is 0 Å². The number of furan rings is 1. The molecule has 0 bridgehead atoms. The summed E-state index contributed by atoms with van der Waals surface area (Å²) in [5.41, 5.74) is 5.49. The average molecular weight is 373 g/mol. The van der Waals surface area contributed by atoms with Crippen molar-refractivity contribution >= 4 is 11.0 Å². The topological polar surface area (TPSA) is 63.2 Å². The summed E-state index contributed by atoms with van der Waals surface area (Å²) in [6, 6.07) is 17.7. The standard InChI is InChI=1S/C23H23N3O2/c1-2-5-16(6-3-1)22-21(7-4-9-24-22)25-13-19-12-18(20-14-26-28-15-20)11-17-8-10-27-23(17)19/h1-3,5-6,8,10-12,14-15,21-22,24-25H,4,7,9,13H2/t21-,22-/m0/s1. The van der Waals surface area contributed by atoms with Crippen LogP contribution < -0.4 is 10.6 Å². The Morgan fingerprint density at radius 2 is 2.04 bits per heavy atom. The van der Waals surface area contributed by atoms with E-state index in [-0.39, 0.29) is 0 Å². The van der Waals surface area contributed by atoms with Crippen LogP contribution in [0.4, 0.5) is 0 Å². The number of hydrogen-bond donors (Lipinski definition) is 2. The van der Waals surface area contributed by atoms with Crippen molar-refractivity contribution in [2.24, 2.45) is 0 Å². The van der Waals surface area contributed by atoms with Crippen LogP contribution in [-0.2, 0) is 6.54 Å². The normalized spacial score (nSPS) is 19.9. The van der Waals surface area contributed by atoms with Crippen molar-refractivity contribution in [2.75, 3.05) is 6.54 Å². The van der Waals surface area contributed by atoms with Crippen LogP contribution in [0.5, 0.6) is 0 Å². The summed E-state index contributed by atoms with van der Waals surface area (Å²) >= 11 is 0. The Kier molecular flexibility index (Phi) is 4.69. The molecule has 2 atom stereocenters. The van der Waals surface area contributed by atoms with Gasteiger partial charge in [0.2, 0.25) is 0 Å². The van der Waals surface area contributed by atoms with Gasteiger partial charge in [-0.15, -0.1) is 0 Å². The lowest BCUT2D eigenvalue weighted by Crippen LogP contribution is -2.45. The van der Waals surface area contributed by atoms with E-state index in [1.165, 1.54) is 12.0 Å². The first-order valence-electron chi connectivity index (χ1n) is 9.80. The van der Waals surface area contributed by atoms with Crippen molar-refractivity contribution < 1.29 is 8.94 Å². The van der Waals surface area contributed by atoms with Crippen LogP contribution in [0.25, 0.3) is 22.1 Å². The maximum atomic E-state index is 5.78.